The third-order valence-electron chi connectivity index (χ3n) is 2.71. The molecule has 0 aromatic heterocycles. The van der Waals surface area contributed by atoms with Crippen LogP contribution < -0.4 is 10.1 Å². The van der Waals surface area contributed by atoms with Crippen LogP contribution in [-0.2, 0) is 0 Å². The zero-order valence-corrected chi connectivity index (χ0v) is 10.8. The number of nitro groups is 1. The minimum absolute atomic E-state index is 0.0120. The molecule has 5 nitrogen and oxygen atoms in total. The molecular formula is C11H13BrN2O3. The molecule has 0 unspecified atom stereocenters. The van der Waals surface area contributed by atoms with Crippen LogP contribution in [0.25, 0.3) is 0 Å². The standard InChI is InChI=1S/C11H13BrN2O3/c12-9-2-1-3-10(14(15)16)11(9)17-8-4-6-13-7-5-8/h1-3,8,13H,4-7H2. The van der Waals surface area contributed by atoms with Crippen molar-refractivity contribution in [2.75, 3.05) is 13.1 Å². The second kappa shape index (κ2) is 5.46. The highest BCUT2D eigenvalue weighted by atomic mass is 79.9. The first-order valence-electron chi connectivity index (χ1n) is 5.49. The van der Waals surface area contributed by atoms with Crippen molar-refractivity contribution in [2.24, 2.45) is 0 Å². The topological polar surface area (TPSA) is 64.4 Å². The molecule has 1 aromatic rings. The van der Waals surface area contributed by atoms with Crippen LogP contribution in [-0.4, -0.2) is 24.1 Å². The van der Waals surface area contributed by atoms with E-state index in [-0.39, 0.29) is 11.8 Å². The Morgan fingerprint density at radius 2 is 2.12 bits per heavy atom. The lowest BCUT2D eigenvalue weighted by Gasteiger charge is -2.24. The van der Waals surface area contributed by atoms with E-state index in [9.17, 15) is 10.1 Å². The third kappa shape index (κ3) is 2.95. The lowest BCUT2D eigenvalue weighted by molar-refractivity contribution is -0.386. The molecule has 0 spiro atoms. The number of hydrogen-bond donors (Lipinski definition) is 1. The van der Waals surface area contributed by atoms with Crippen LogP contribution in [0.15, 0.2) is 22.7 Å². The Kier molecular flexibility index (Phi) is 3.96. The molecule has 2 rings (SSSR count). The summed E-state index contributed by atoms with van der Waals surface area (Å²) in [4.78, 5) is 10.5. The Labute approximate surface area is 107 Å². The van der Waals surface area contributed by atoms with Gasteiger partial charge in [-0.05, 0) is 47.9 Å². The summed E-state index contributed by atoms with van der Waals surface area (Å²) in [5.41, 5.74) is 0.0120. The number of nitrogens with zero attached hydrogens (tertiary/aromatic N) is 1. The largest absolute Gasteiger partial charge is 0.483 e. The number of rotatable bonds is 3. The normalized spacial score (nSPS) is 16.8. The van der Waals surface area contributed by atoms with Gasteiger partial charge in [0.05, 0.1) is 9.40 Å². The highest BCUT2D eigenvalue weighted by molar-refractivity contribution is 9.10. The van der Waals surface area contributed by atoms with E-state index < -0.39 is 4.92 Å². The average molecular weight is 301 g/mol. The molecule has 1 heterocycles. The van der Waals surface area contributed by atoms with Gasteiger partial charge in [0, 0.05) is 6.07 Å². The number of ether oxygens (including phenoxy) is 1. The van der Waals surface area contributed by atoms with Gasteiger partial charge in [-0.15, -0.1) is 0 Å². The van der Waals surface area contributed by atoms with Gasteiger partial charge in [0.1, 0.15) is 6.10 Å². The Balaban J connectivity index is 2.21. The number of halogens is 1. The van der Waals surface area contributed by atoms with Crippen molar-refractivity contribution in [3.63, 3.8) is 0 Å². The molecule has 0 aliphatic carbocycles. The Bertz CT molecular complexity index is 419. The fourth-order valence-corrected chi connectivity index (χ4v) is 2.29. The molecule has 1 fully saturated rings. The molecule has 0 atom stereocenters. The molecule has 6 heteroatoms. The molecule has 92 valence electrons. The molecule has 0 bridgehead atoms. The number of benzene rings is 1. The van der Waals surface area contributed by atoms with Crippen molar-refractivity contribution in [3.8, 4) is 5.75 Å². The zero-order valence-electron chi connectivity index (χ0n) is 9.19. The highest BCUT2D eigenvalue weighted by Gasteiger charge is 2.22. The van der Waals surface area contributed by atoms with Gasteiger partial charge in [0.15, 0.2) is 0 Å². The zero-order chi connectivity index (χ0) is 12.3. The molecule has 0 amide bonds. The Morgan fingerprint density at radius 3 is 2.76 bits per heavy atom. The summed E-state index contributed by atoms with van der Waals surface area (Å²) >= 11 is 3.30. The SMILES string of the molecule is O=[N+]([O-])c1cccc(Br)c1OC1CCNCC1. The van der Waals surface area contributed by atoms with Crippen molar-refractivity contribution in [1.29, 1.82) is 0 Å². The summed E-state index contributed by atoms with van der Waals surface area (Å²) in [6, 6.07) is 4.85. The number of nitro benzene ring substituents is 1. The van der Waals surface area contributed by atoms with E-state index in [0.29, 0.717) is 10.2 Å². The van der Waals surface area contributed by atoms with E-state index >= 15 is 0 Å². The monoisotopic (exact) mass is 300 g/mol. The van der Waals surface area contributed by atoms with Crippen molar-refractivity contribution in [2.45, 2.75) is 18.9 Å². The molecule has 17 heavy (non-hydrogen) atoms. The summed E-state index contributed by atoms with van der Waals surface area (Å²) in [5, 5.41) is 14.1. The summed E-state index contributed by atoms with van der Waals surface area (Å²) < 4.78 is 6.38. The van der Waals surface area contributed by atoms with Crippen LogP contribution in [0.3, 0.4) is 0 Å². The second-order valence-electron chi connectivity index (χ2n) is 3.91. The van der Waals surface area contributed by atoms with Gasteiger partial charge >= 0.3 is 5.69 Å². The van der Waals surface area contributed by atoms with Gasteiger partial charge in [0.25, 0.3) is 0 Å². The molecule has 1 N–H and O–H groups in total. The van der Waals surface area contributed by atoms with Crippen molar-refractivity contribution < 1.29 is 9.66 Å². The van der Waals surface area contributed by atoms with Crippen LogP contribution in [0.2, 0.25) is 0 Å². The van der Waals surface area contributed by atoms with Crippen LogP contribution in [0.4, 0.5) is 5.69 Å². The number of piperidine rings is 1. The van der Waals surface area contributed by atoms with E-state index in [1.165, 1.54) is 6.07 Å². The summed E-state index contributed by atoms with van der Waals surface area (Å²) in [6.07, 6.45) is 1.80. The number of para-hydroxylation sites is 1. The maximum absolute atomic E-state index is 10.9. The highest BCUT2D eigenvalue weighted by Crippen LogP contribution is 2.36. The van der Waals surface area contributed by atoms with E-state index in [0.717, 1.165) is 25.9 Å². The quantitative estimate of drug-likeness (QED) is 0.688. The Hall–Kier alpha value is -1.14. The van der Waals surface area contributed by atoms with E-state index in [1.54, 1.807) is 12.1 Å². The number of hydrogen-bond acceptors (Lipinski definition) is 4. The second-order valence-corrected chi connectivity index (χ2v) is 4.77. The van der Waals surface area contributed by atoms with E-state index in [2.05, 4.69) is 21.2 Å². The van der Waals surface area contributed by atoms with Crippen LogP contribution in [0, 0.1) is 10.1 Å². The minimum Gasteiger partial charge on any atom is -0.483 e. The maximum Gasteiger partial charge on any atom is 0.312 e. The van der Waals surface area contributed by atoms with Crippen molar-refractivity contribution in [3.05, 3.63) is 32.8 Å². The van der Waals surface area contributed by atoms with Gasteiger partial charge in [0.2, 0.25) is 5.75 Å². The predicted molar refractivity (Wildman–Crippen MR) is 67.3 cm³/mol. The van der Waals surface area contributed by atoms with E-state index in [4.69, 9.17) is 4.74 Å². The molecule has 1 aliphatic rings. The first-order valence-corrected chi connectivity index (χ1v) is 6.28. The van der Waals surface area contributed by atoms with E-state index in [1.807, 2.05) is 0 Å². The lowest BCUT2D eigenvalue weighted by Crippen LogP contribution is -2.34. The molecule has 1 aliphatic heterocycles. The van der Waals surface area contributed by atoms with Gasteiger partial charge in [-0.3, -0.25) is 10.1 Å². The van der Waals surface area contributed by atoms with Gasteiger partial charge in [-0.1, -0.05) is 6.07 Å². The predicted octanol–water partition coefficient (Wildman–Crippen LogP) is 2.49. The molecule has 0 saturated carbocycles. The van der Waals surface area contributed by atoms with Crippen LogP contribution in [0.1, 0.15) is 12.8 Å². The lowest BCUT2D eigenvalue weighted by atomic mass is 10.1. The first kappa shape index (κ1) is 12.3. The van der Waals surface area contributed by atoms with Gasteiger partial charge < -0.3 is 10.1 Å². The molecular weight excluding hydrogens is 288 g/mol. The van der Waals surface area contributed by atoms with Crippen LogP contribution in [0.5, 0.6) is 5.75 Å². The molecule has 0 radical (unpaired) electrons. The van der Waals surface area contributed by atoms with Gasteiger partial charge in [-0.2, -0.15) is 0 Å². The van der Waals surface area contributed by atoms with Crippen molar-refractivity contribution >= 4 is 21.6 Å². The average Bonchev–Trinajstić information content (AvgIpc) is 2.33. The minimum atomic E-state index is -0.416. The summed E-state index contributed by atoms with van der Waals surface area (Å²) in [5.74, 6) is 0.337. The Morgan fingerprint density at radius 1 is 1.41 bits per heavy atom. The molecule has 1 aromatic carbocycles. The first-order chi connectivity index (χ1) is 8.18. The maximum atomic E-state index is 10.9. The fraction of sp³-hybridized carbons (Fsp3) is 0.455. The van der Waals surface area contributed by atoms with Gasteiger partial charge in [-0.25, -0.2) is 0 Å². The van der Waals surface area contributed by atoms with Crippen molar-refractivity contribution in [1.82, 2.24) is 5.32 Å². The smallest absolute Gasteiger partial charge is 0.312 e. The summed E-state index contributed by atoms with van der Waals surface area (Å²) in [7, 11) is 0. The number of nitrogens with one attached hydrogen (secondary N) is 1. The fourth-order valence-electron chi connectivity index (χ4n) is 1.84. The summed E-state index contributed by atoms with van der Waals surface area (Å²) in [6.45, 7) is 1.78. The molecule has 1 saturated heterocycles. The third-order valence-corrected chi connectivity index (χ3v) is 3.34. The van der Waals surface area contributed by atoms with Crippen LogP contribution >= 0.6 is 15.9 Å².